The molecule has 0 bridgehead atoms. The van der Waals surface area contributed by atoms with Crippen molar-refractivity contribution in [2.75, 3.05) is 11.9 Å². The third kappa shape index (κ3) is 3.91. The molecule has 7 heteroatoms. The van der Waals surface area contributed by atoms with E-state index < -0.39 is 4.92 Å². The van der Waals surface area contributed by atoms with Gasteiger partial charge in [0.25, 0.3) is 0 Å². The Hall–Kier alpha value is -2.70. The summed E-state index contributed by atoms with van der Waals surface area (Å²) in [6.45, 7) is 4.60. The van der Waals surface area contributed by atoms with E-state index in [1.807, 2.05) is 26.0 Å². The van der Waals surface area contributed by atoms with Crippen LogP contribution in [-0.4, -0.2) is 21.4 Å². The summed E-state index contributed by atoms with van der Waals surface area (Å²) in [6.07, 6.45) is 3.14. The second kappa shape index (κ2) is 7.35. The van der Waals surface area contributed by atoms with Crippen LogP contribution in [0.3, 0.4) is 0 Å². The number of unbranched alkanes of at least 4 members (excludes halogenated alkanes) is 1. The lowest BCUT2D eigenvalue weighted by atomic mass is 10.2. The maximum absolute atomic E-state index is 11.3. The molecule has 0 saturated heterocycles. The molecule has 0 fully saturated rings. The first-order valence-electron chi connectivity index (χ1n) is 7.09. The van der Waals surface area contributed by atoms with E-state index in [-0.39, 0.29) is 17.4 Å². The van der Waals surface area contributed by atoms with Gasteiger partial charge >= 0.3 is 11.6 Å². The maximum Gasteiger partial charge on any atom is 0.373 e. The fraction of sp³-hybridized carbons (Fsp3) is 0.333. The van der Waals surface area contributed by atoms with Gasteiger partial charge in [-0.05, 0) is 25.5 Å². The summed E-state index contributed by atoms with van der Waals surface area (Å²) < 4.78 is 5.54. The summed E-state index contributed by atoms with van der Waals surface area (Å²) in [5, 5.41) is 14.3. The second-order valence-electron chi connectivity index (χ2n) is 4.83. The molecule has 0 atom stereocenters. The van der Waals surface area contributed by atoms with Gasteiger partial charge < -0.3 is 10.1 Å². The quantitative estimate of drug-likeness (QED) is 0.476. The van der Waals surface area contributed by atoms with E-state index in [4.69, 9.17) is 4.74 Å². The summed E-state index contributed by atoms with van der Waals surface area (Å²) in [7, 11) is 0. The van der Waals surface area contributed by atoms with Crippen molar-refractivity contribution in [3.63, 3.8) is 0 Å². The summed E-state index contributed by atoms with van der Waals surface area (Å²) in [4.78, 5) is 18.6. The van der Waals surface area contributed by atoms with E-state index in [0.717, 1.165) is 18.4 Å². The van der Waals surface area contributed by atoms with Crippen LogP contribution in [0.2, 0.25) is 0 Å². The van der Waals surface area contributed by atoms with Gasteiger partial charge in [0, 0.05) is 6.54 Å². The normalized spacial score (nSPS) is 10.3. The van der Waals surface area contributed by atoms with Crippen LogP contribution in [0.25, 0.3) is 0 Å². The van der Waals surface area contributed by atoms with Gasteiger partial charge in [-0.1, -0.05) is 31.0 Å². The van der Waals surface area contributed by atoms with Crippen LogP contribution in [-0.2, 0) is 0 Å². The van der Waals surface area contributed by atoms with Gasteiger partial charge in [0.15, 0.2) is 0 Å². The standard InChI is InChI=1S/C15H18N4O3/c1-3-4-9-16-14-13(19(20)21)15(18-10-17-14)22-12-7-5-11(2)6-8-12/h5-8,10H,3-4,9H2,1-2H3,(H,16,17,18). The van der Waals surface area contributed by atoms with Crippen molar-refractivity contribution in [2.24, 2.45) is 0 Å². The fourth-order valence-corrected chi connectivity index (χ4v) is 1.83. The molecule has 1 aromatic heterocycles. The Kier molecular flexibility index (Phi) is 5.24. The van der Waals surface area contributed by atoms with Gasteiger partial charge in [0.05, 0.1) is 4.92 Å². The summed E-state index contributed by atoms with van der Waals surface area (Å²) in [5.41, 5.74) is 0.825. The Morgan fingerprint density at radius 1 is 1.27 bits per heavy atom. The first-order chi connectivity index (χ1) is 10.6. The van der Waals surface area contributed by atoms with Gasteiger partial charge in [0.2, 0.25) is 5.82 Å². The van der Waals surface area contributed by atoms with Crippen LogP contribution < -0.4 is 10.1 Å². The van der Waals surface area contributed by atoms with Crippen molar-refractivity contribution in [3.05, 3.63) is 46.3 Å². The first-order valence-corrected chi connectivity index (χ1v) is 7.09. The van der Waals surface area contributed by atoms with Crippen molar-refractivity contribution in [1.29, 1.82) is 0 Å². The van der Waals surface area contributed by atoms with Crippen LogP contribution >= 0.6 is 0 Å². The predicted octanol–water partition coefficient (Wildman–Crippen LogP) is 3.70. The number of ether oxygens (including phenoxy) is 1. The first kappa shape index (κ1) is 15.7. The molecule has 1 N–H and O–H groups in total. The highest BCUT2D eigenvalue weighted by Crippen LogP contribution is 2.33. The minimum absolute atomic E-state index is 0.0668. The Bertz CT molecular complexity index is 644. The number of nitrogens with one attached hydrogen (secondary N) is 1. The average molecular weight is 302 g/mol. The molecule has 0 amide bonds. The van der Waals surface area contributed by atoms with Gasteiger partial charge in [-0.3, -0.25) is 10.1 Å². The Morgan fingerprint density at radius 2 is 2.00 bits per heavy atom. The third-order valence-corrected chi connectivity index (χ3v) is 3.03. The third-order valence-electron chi connectivity index (χ3n) is 3.03. The lowest BCUT2D eigenvalue weighted by Gasteiger charge is -2.09. The van der Waals surface area contributed by atoms with Crippen molar-refractivity contribution in [3.8, 4) is 11.6 Å². The number of aryl methyl sites for hydroxylation is 1. The molecule has 0 spiro atoms. The lowest BCUT2D eigenvalue weighted by Crippen LogP contribution is -2.08. The van der Waals surface area contributed by atoms with Gasteiger partial charge in [0.1, 0.15) is 12.1 Å². The van der Waals surface area contributed by atoms with E-state index in [1.54, 1.807) is 12.1 Å². The molecule has 0 saturated carbocycles. The molecule has 2 aromatic rings. The predicted molar refractivity (Wildman–Crippen MR) is 83.3 cm³/mol. The lowest BCUT2D eigenvalue weighted by molar-refractivity contribution is -0.385. The molecule has 0 aliphatic carbocycles. The van der Waals surface area contributed by atoms with Gasteiger partial charge in [-0.15, -0.1) is 0 Å². The Labute approximate surface area is 128 Å². The molecule has 2 rings (SSSR count). The highest BCUT2D eigenvalue weighted by atomic mass is 16.6. The fourth-order valence-electron chi connectivity index (χ4n) is 1.83. The molecular weight excluding hydrogens is 284 g/mol. The molecule has 0 radical (unpaired) electrons. The molecule has 22 heavy (non-hydrogen) atoms. The van der Waals surface area contributed by atoms with Crippen molar-refractivity contribution in [1.82, 2.24) is 9.97 Å². The number of nitro groups is 1. The maximum atomic E-state index is 11.3. The second-order valence-corrected chi connectivity index (χ2v) is 4.83. The highest BCUT2D eigenvalue weighted by Gasteiger charge is 2.24. The molecular formula is C15H18N4O3. The summed E-state index contributed by atoms with van der Waals surface area (Å²) in [6, 6.07) is 7.21. The Balaban J connectivity index is 2.27. The van der Waals surface area contributed by atoms with Crippen LogP contribution in [0.1, 0.15) is 25.3 Å². The number of benzene rings is 1. The number of nitrogens with zero attached hydrogens (tertiary/aromatic N) is 3. The molecule has 7 nitrogen and oxygen atoms in total. The van der Waals surface area contributed by atoms with Crippen molar-refractivity contribution >= 4 is 11.5 Å². The van der Waals surface area contributed by atoms with E-state index in [2.05, 4.69) is 15.3 Å². The monoisotopic (exact) mass is 302 g/mol. The topological polar surface area (TPSA) is 90.2 Å². The number of aromatic nitrogens is 2. The zero-order valence-corrected chi connectivity index (χ0v) is 12.6. The number of anilines is 1. The molecule has 0 aliphatic heterocycles. The van der Waals surface area contributed by atoms with Crippen molar-refractivity contribution < 1.29 is 9.66 Å². The molecule has 1 heterocycles. The SMILES string of the molecule is CCCCNc1ncnc(Oc2ccc(C)cc2)c1[N+](=O)[O-]. The minimum atomic E-state index is -0.530. The van der Waals surface area contributed by atoms with Crippen LogP contribution in [0.5, 0.6) is 11.6 Å². The molecule has 0 aliphatic rings. The van der Waals surface area contributed by atoms with E-state index >= 15 is 0 Å². The molecule has 0 unspecified atom stereocenters. The van der Waals surface area contributed by atoms with Crippen LogP contribution in [0, 0.1) is 17.0 Å². The zero-order valence-electron chi connectivity index (χ0n) is 12.6. The van der Waals surface area contributed by atoms with Gasteiger partial charge in [-0.2, -0.15) is 4.98 Å². The zero-order chi connectivity index (χ0) is 15.9. The van der Waals surface area contributed by atoms with E-state index in [1.165, 1.54) is 6.33 Å². The van der Waals surface area contributed by atoms with E-state index in [9.17, 15) is 10.1 Å². The minimum Gasteiger partial charge on any atom is -0.434 e. The number of rotatable bonds is 7. The highest BCUT2D eigenvalue weighted by molar-refractivity contribution is 5.61. The van der Waals surface area contributed by atoms with Gasteiger partial charge in [-0.25, -0.2) is 4.98 Å². The average Bonchev–Trinajstić information content (AvgIpc) is 2.50. The summed E-state index contributed by atoms with van der Waals surface area (Å²) in [5.74, 6) is 0.602. The van der Waals surface area contributed by atoms with Crippen LogP contribution in [0.15, 0.2) is 30.6 Å². The van der Waals surface area contributed by atoms with Crippen molar-refractivity contribution in [2.45, 2.75) is 26.7 Å². The smallest absolute Gasteiger partial charge is 0.373 e. The van der Waals surface area contributed by atoms with E-state index in [0.29, 0.717) is 12.3 Å². The number of hydrogen-bond donors (Lipinski definition) is 1. The Morgan fingerprint density at radius 3 is 2.64 bits per heavy atom. The largest absolute Gasteiger partial charge is 0.434 e. The molecule has 116 valence electrons. The van der Waals surface area contributed by atoms with Crippen LogP contribution in [0.4, 0.5) is 11.5 Å². The number of hydrogen-bond acceptors (Lipinski definition) is 6. The summed E-state index contributed by atoms with van der Waals surface area (Å²) >= 11 is 0. The molecule has 1 aromatic carbocycles.